The molecule has 0 heterocycles. The highest BCUT2D eigenvalue weighted by atomic mass is 79.9. The van der Waals surface area contributed by atoms with Gasteiger partial charge in [-0.15, -0.1) is 0 Å². The summed E-state index contributed by atoms with van der Waals surface area (Å²) in [6.45, 7) is 2.69. The molecular weight excluding hydrogens is 272 g/mol. The Morgan fingerprint density at radius 3 is 2.88 bits per heavy atom. The lowest BCUT2D eigenvalue weighted by atomic mass is 10.1. The maximum atomic E-state index is 10.5. The van der Waals surface area contributed by atoms with E-state index in [1.165, 1.54) is 0 Å². The van der Waals surface area contributed by atoms with Crippen LogP contribution in [0, 0.1) is 0 Å². The standard InChI is InChI=1S/C12H15BrO3/c1-2-7-16-11-5-4-10(13)8-9(11)3-6-12(14)15/h4-5,8H,2-3,6-7H2,1H3,(H,14,15). The van der Waals surface area contributed by atoms with E-state index in [4.69, 9.17) is 9.84 Å². The van der Waals surface area contributed by atoms with Crippen LogP contribution in [0.4, 0.5) is 0 Å². The third kappa shape index (κ3) is 4.23. The number of hydrogen-bond acceptors (Lipinski definition) is 2. The molecule has 0 saturated heterocycles. The van der Waals surface area contributed by atoms with Crippen LogP contribution in [-0.2, 0) is 11.2 Å². The van der Waals surface area contributed by atoms with E-state index in [0.29, 0.717) is 13.0 Å². The second kappa shape index (κ2) is 6.53. The minimum Gasteiger partial charge on any atom is -0.493 e. The molecular formula is C12H15BrO3. The van der Waals surface area contributed by atoms with Crippen molar-refractivity contribution in [2.24, 2.45) is 0 Å². The van der Waals surface area contributed by atoms with Crippen molar-refractivity contribution in [3.63, 3.8) is 0 Å². The minimum absolute atomic E-state index is 0.124. The van der Waals surface area contributed by atoms with E-state index in [0.717, 1.165) is 22.2 Å². The summed E-state index contributed by atoms with van der Waals surface area (Å²) in [7, 11) is 0. The summed E-state index contributed by atoms with van der Waals surface area (Å²) in [6.07, 6.45) is 1.56. The van der Waals surface area contributed by atoms with Crippen LogP contribution in [0.15, 0.2) is 22.7 Å². The van der Waals surface area contributed by atoms with E-state index < -0.39 is 5.97 Å². The first-order valence-corrected chi connectivity index (χ1v) is 6.05. The fourth-order valence-electron chi connectivity index (χ4n) is 1.34. The summed E-state index contributed by atoms with van der Waals surface area (Å²) in [5, 5.41) is 8.66. The molecule has 1 aromatic rings. The highest BCUT2D eigenvalue weighted by Crippen LogP contribution is 2.24. The van der Waals surface area contributed by atoms with Gasteiger partial charge in [0.25, 0.3) is 0 Å². The zero-order chi connectivity index (χ0) is 12.0. The van der Waals surface area contributed by atoms with Crippen molar-refractivity contribution < 1.29 is 14.6 Å². The molecule has 1 N–H and O–H groups in total. The first-order valence-electron chi connectivity index (χ1n) is 5.26. The Labute approximate surface area is 104 Å². The van der Waals surface area contributed by atoms with Crippen LogP contribution < -0.4 is 4.74 Å². The van der Waals surface area contributed by atoms with Crippen molar-refractivity contribution in [1.82, 2.24) is 0 Å². The molecule has 0 spiro atoms. The summed E-state index contributed by atoms with van der Waals surface area (Å²) in [6, 6.07) is 5.68. The zero-order valence-corrected chi connectivity index (χ0v) is 10.8. The quantitative estimate of drug-likeness (QED) is 0.873. The van der Waals surface area contributed by atoms with Crippen molar-refractivity contribution in [2.75, 3.05) is 6.61 Å². The van der Waals surface area contributed by atoms with Gasteiger partial charge in [-0.2, -0.15) is 0 Å². The first-order chi connectivity index (χ1) is 7.63. The Bertz CT molecular complexity index is 363. The smallest absolute Gasteiger partial charge is 0.303 e. The SMILES string of the molecule is CCCOc1ccc(Br)cc1CCC(=O)O. The lowest BCUT2D eigenvalue weighted by Gasteiger charge is -2.10. The molecule has 0 aliphatic rings. The highest BCUT2D eigenvalue weighted by Gasteiger charge is 2.06. The normalized spacial score (nSPS) is 10.1. The van der Waals surface area contributed by atoms with Crippen molar-refractivity contribution >= 4 is 21.9 Å². The largest absolute Gasteiger partial charge is 0.493 e. The van der Waals surface area contributed by atoms with E-state index in [-0.39, 0.29) is 6.42 Å². The Kier molecular flexibility index (Phi) is 5.32. The lowest BCUT2D eigenvalue weighted by molar-refractivity contribution is -0.136. The third-order valence-electron chi connectivity index (χ3n) is 2.09. The summed E-state index contributed by atoms with van der Waals surface area (Å²) < 4.78 is 6.50. The van der Waals surface area contributed by atoms with Gasteiger partial charge in [-0.1, -0.05) is 22.9 Å². The van der Waals surface area contributed by atoms with Crippen LogP contribution in [0.25, 0.3) is 0 Å². The molecule has 0 unspecified atom stereocenters. The second-order valence-corrected chi connectivity index (χ2v) is 4.41. The molecule has 0 amide bonds. The van der Waals surface area contributed by atoms with Gasteiger partial charge >= 0.3 is 5.97 Å². The molecule has 0 aliphatic carbocycles. The molecule has 16 heavy (non-hydrogen) atoms. The predicted octanol–water partition coefficient (Wildman–Crippen LogP) is 3.26. The van der Waals surface area contributed by atoms with E-state index in [2.05, 4.69) is 15.9 Å². The van der Waals surface area contributed by atoms with Gasteiger partial charge in [0.15, 0.2) is 0 Å². The number of benzene rings is 1. The summed E-state index contributed by atoms with van der Waals surface area (Å²) in [5.74, 6) is -0.00674. The van der Waals surface area contributed by atoms with E-state index in [1.807, 2.05) is 25.1 Å². The Hall–Kier alpha value is -1.03. The van der Waals surface area contributed by atoms with Crippen molar-refractivity contribution in [1.29, 1.82) is 0 Å². The van der Waals surface area contributed by atoms with E-state index in [9.17, 15) is 4.79 Å². The zero-order valence-electron chi connectivity index (χ0n) is 9.20. The van der Waals surface area contributed by atoms with Crippen molar-refractivity contribution in [3.8, 4) is 5.75 Å². The molecule has 3 nitrogen and oxygen atoms in total. The van der Waals surface area contributed by atoms with E-state index in [1.54, 1.807) is 0 Å². The molecule has 88 valence electrons. The molecule has 0 bridgehead atoms. The van der Waals surface area contributed by atoms with Gasteiger partial charge in [-0.3, -0.25) is 4.79 Å². The molecule has 0 aliphatic heterocycles. The Balaban J connectivity index is 2.76. The van der Waals surface area contributed by atoms with Gasteiger partial charge in [-0.05, 0) is 36.6 Å². The van der Waals surface area contributed by atoms with E-state index >= 15 is 0 Å². The van der Waals surface area contributed by atoms with Crippen molar-refractivity contribution in [2.45, 2.75) is 26.2 Å². The molecule has 0 radical (unpaired) electrons. The number of carboxylic acid groups (broad SMARTS) is 1. The maximum absolute atomic E-state index is 10.5. The van der Waals surface area contributed by atoms with Crippen LogP contribution in [-0.4, -0.2) is 17.7 Å². The average Bonchev–Trinajstić information content (AvgIpc) is 2.25. The average molecular weight is 287 g/mol. The molecule has 0 atom stereocenters. The minimum atomic E-state index is -0.790. The fourth-order valence-corrected chi connectivity index (χ4v) is 1.75. The number of rotatable bonds is 6. The number of aryl methyl sites for hydroxylation is 1. The fraction of sp³-hybridized carbons (Fsp3) is 0.417. The number of halogens is 1. The molecule has 4 heteroatoms. The van der Waals surface area contributed by atoms with Crippen LogP contribution in [0.1, 0.15) is 25.3 Å². The highest BCUT2D eigenvalue weighted by molar-refractivity contribution is 9.10. The number of aliphatic carboxylic acids is 1. The number of ether oxygens (including phenoxy) is 1. The Morgan fingerprint density at radius 2 is 2.25 bits per heavy atom. The molecule has 0 fully saturated rings. The monoisotopic (exact) mass is 286 g/mol. The van der Waals surface area contributed by atoms with Gasteiger partial charge in [0.1, 0.15) is 5.75 Å². The number of carboxylic acids is 1. The predicted molar refractivity (Wildman–Crippen MR) is 65.9 cm³/mol. The Morgan fingerprint density at radius 1 is 1.50 bits per heavy atom. The summed E-state index contributed by atoms with van der Waals surface area (Å²) >= 11 is 3.37. The summed E-state index contributed by atoms with van der Waals surface area (Å²) in [5.41, 5.74) is 0.935. The van der Waals surface area contributed by atoms with Gasteiger partial charge in [0, 0.05) is 10.9 Å². The number of carbonyl (C=O) groups is 1. The van der Waals surface area contributed by atoms with Gasteiger partial charge in [0.2, 0.25) is 0 Å². The maximum Gasteiger partial charge on any atom is 0.303 e. The molecule has 1 rings (SSSR count). The second-order valence-electron chi connectivity index (χ2n) is 3.49. The van der Waals surface area contributed by atoms with Gasteiger partial charge < -0.3 is 9.84 Å². The van der Waals surface area contributed by atoms with Crippen LogP contribution >= 0.6 is 15.9 Å². The number of hydrogen-bond donors (Lipinski definition) is 1. The van der Waals surface area contributed by atoms with Gasteiger partial charge in [-0.25, -0.2) is 0 Å². The topological polar surface area (TPSA) is 46.5 Å². The van der Waals surface area contributed by atoms with Crippen LogP contribution in [0.3, 0.4) is 0 Å². The molecule has 0 aromatic heterocycles. The molecule has 0 saturated carbocycles. The van der Waals surface area contributed by atoms with Crippen LogP contribution in [0.2, 0.25) is 0 Å². The third-order valence-corrected chi connectivity index (χ3v) is 2.59. The van der Waals surface area contributed by atoms with Crippen LogP contribution in [0.5, 0.6) is 5.75 Å². The van der Waals surface area contributed by atoms with Gasteiger partial charge in [0.05, 0.1) is 6.61 Å². The van der Waals surface area contributed by atoms with Crippen molar-refractivity contribution in [3.05, 3.63) is 28.2 Å². The first kappa shape index (κ1) is 13.0. The molecule has 1 aromatic carbocycles. The summed E-state index contributed by atoms with van der Waals surface area (Å²) in [4.78, 5) is 10.5. The lowest BCUT2D eigenvalue weighted by Crippen LogP contribution is -2.02.